The van der Waals surface area contributed by atoms with Crippen LogP contribution in [0.15, 0.2) is 181 Å². The van der Waals surface area contributed by atoms with E-state index in [1.807, 2.05) is 0 Å². The molecule has 0 saturated heterocycles. The van der Waals surface area contributed by atoms with E-state index in [4.69, 9.17) is 4.99 Å². The van der Waals surface area contributed by atoms with Crippen LogP contribution < -0.4 is 10.2 Å². The van der Waals surface area contributed by atoms with Gasteiger partial charge in [-0.05, 0) is 47.0 Å². The van der Waals surface area contributed by atoms with E-state index in [0.29, 0.717) is 0 Å². The molecular formula is C48H37N4+. The van der Waals surface area contributed by atoms with E-state index in [9.17, 15) is 0 Å². The Hall–Kier alpha value is -6.23. The van der Waals surface area contributed by atoms with E-state index in [0.717, 1.165) is 23.4 Å². The lowest BCUT2D eigenvalue weighted by Gasteiger charge is -2.35. The van der Waals surface area contributed by atoms with Crippen molar-refractivity contribution < 1.29 is 5.32 Å². The van der Waals surface area contributed by atoms with Gasteiger partial charge in [-0.1, -0.05) is 146 Å². The van der Waals surface area contributed by atoms with Crippen molar-refractivity contribution in [3.63, 3.8) is 0 Å². The molecule has 4 heteroatoms. The van der Waals surface area contributed by atoms with Gasteiger partial charge >= 0.3 is 0 Å². The Morgan fingerprint density at radius 3 is 2.21 bits per heavy atom. The molecule has 0 spiro atoms. The third-order valence-corrected chi connectivity index (χ3v) is 11.6. The third-order valence-electron chi connectivity index (χ3n) is 11.6. The number of benzene rings is 6. The second-order valence-electron chi connectivity index (χ2n) is 14.4. The highest BCUT2D eigenvalue weighted by Crippen LogP contribution is 2.55. The summed E-state index contributed by atoms with van der Waals surface area (Å²) in [6.07, 6.45) is 19.4. The average Bonchev–Trinajstić information content (AvgIpc) is 3.75. The van der Waals surface area contributed by atoms with E-state index in [1.54, 1.807) is 0 Å². The third kappa shape index (κ3) is 4.34. The maximum atomic E-state index is 5.24. The second-order valence-corrected chi connectivity index (χ2v) is 14.4. The lowest BCUT2D eigenvalue weighted by molar-refractivity contribution is -0.599. The van der Waals surface area contributed by atoms with Gasteiger partial charge in [0.05, 0.1) is 28.8 Å². The van der Waals surface area contributed by atoms with Gasteiger partial charge < -0.3 is 14.8 Å². The molecule has 7 aromatic rings. The molecule has 4 nitrogen and oxygen atoms in total. The number of allylic oxidation sites excluding steroid dienone is 4. The zero-order valence-corrected chi connectivity index (χ0v) is 28.7. The van der Waals surface area contributed by atoms with Gasteiger partial charge in [-0.2, -0.15) is 0 Å². The zero-order chi connectivity index (χ0) is 34.2. The zero-order valence-electron chi connectivity index (χ0n) is 28.7. The van der Waals surface area contributed by atoms with Gasteiger partial charge in [-0.3, -0.25) is 0 Å². The lowest BCUT2D eigenvalue weighted by Crippen LogP contribution is -2.82. The van der Waals surface area contributed by atoms with Crippen molar-refractivity contribution in [2.45, 2.75) is 30.5 Å². The molecule has 11 rings (SSSR count). The van der Waals surface area contributed by atoms with Crippen LogP contribution in [-0.4, -0.2) is 22.4 Å². The van der Waals surface area contributed by atoms with Crippen molar-refractivity contribution in [1.29, 1.82) is 0 Å². The molecule has 0 bridgehead atoms. The first-order valence-electron chi connectivity index (χ1n) is 18.5. The highest BCUT2D eigenvalue weighted by Gasteiger charge is 2.43. The summed E-state index contributed by atoms with van der Waals surface area (Å²) >= 11 is 0. The van der Waals surface area contributed by atoms with Gasteiger partial charge in [-0.15, -0.1) is 0 Å². The van der Waals surface area contributed by atoms with E-state index in [2.05, 4.69) is 191 Å². The Labute approximate surface area is 303 Å². The summed E-state index contributed by atoms with van der Waals surface area (Å²) in [7, 11) is 0. The molecule has 2 aliphatic heterocycles. The van der Waals surface area contributed by atoms with Crippen molar-refractivity contribution >= 4 is 55.4 Å². The molecule has 1 aromatic heterocycles. The Morgan fingerprint density at radius 2 is 1.37 bits per heavy atom. The standard InChI is InChI=1S/C48H36N4/c1-3-15-31(16-4-1)45-46(50-40-24-12-11-23-39(40)49-45)32-27-29-34(30-28-32)52-42-26-14-10-22-38(42)44-36-20-8-7-19-35(36)43-37-21-9-13-25-41(37)51(47(43)48(44)52)33-17-5-2-6-18-33/h1-17,19-30,33,37,41,46,50H,18H2/p+1. The SMILES string of the molecule is C1=CCC(N2c3c(c4ccccc4c4c5ccccc5n(-c5ccc(C6[NH2+]c7ccccc7N=C6c6ccccc6)cc5)c34)C3C=CC=CC32)C=C1. The number of hydrogen-bond donors (Lipinski definition) is 1. The van der Waals surface area contributed by atoms with Gasteiger partial charge in [0, 0.05) is 39.6 Å². The quantitative estimate of drug-likeness (QED) is 0.186. The van der Waals surface area contributed by atoms with Crippen LogP contribution in [0.1, 0.15) is 35.1 Å². The van der Waals surface area contributed by atoms with E-state index in [1.165, 1.54) is 60.8 Å². The van der Waals surface area contributed by atoms with E-state index in [-0.39, 0.29) is 24.0 Å². The predicted molar refractivity (Wildman–Crippen MR) is 216 cm³/mol. The van der Waals surface area contributed by atoms with E-state index < -0.39 is 0 Å². The maximum absolute atomic E-state index is 5.24. The second kappa shape index (κ2) is 11.7. The fourth-order valence-corrected chi connectivity index (χ4v) is 9.36. The topological polar surface area (TPSA) is 37.1 Å². The smallest absolute Gasteiger partial charge is 0.160 e. The highest BCUT2D eigenvalue weighted by atomic mass is 15.2. The van der Waals surface area contributed by atoms with Crippen LogP contribution >= 0.6 is 0 Å². The summed E-state index contributed by atoms with van der Waals surface area (Å²) in [6.45, 7) is 0. The molecular weight excluding hydrogens is 633 g/mol. The number of para-hydroxylation sites is 3. The molecule has 3 heterocycles. The Bertz CT molecular complexity index is 2710. The van der Waals surface area contributed by atoms with Crippen molar-refractivity contribution in [2.24, 2.45) is 4.99 Å². The summed E-state index contributed by atoms with van der Waals surface area (Å²) in [6, 6.07) is 47.1. The number of fused-ring (bicyclic) bond motifs is 11. The molecule has 4 aliphatic rings. The molecule has 0 saturated carbocycles. The van der Waals surface area contributed by atoms with Gasteiger partial charge in [0.25, 0.3) is 0 Å². The van der Waals surface area contributed by atoms with Gasteiger partial charge in [0.15, 0.2) is 11.7 Å². The summed E-state index contributed by atoms with van der Waals surface area (Å²) in [4.78, 5) is 7.97. The monoisotopic (exact) mass is 669 g/mol. The van der Waals surface area contributed by atoms with Crippen LogP contribution in [0.5, 0.6) is 0 Å². The number of rotatable bonds is 4. The van der Waals surface area contributed by atoms with Crippen LogP contribution in [0, 0.1) is 0 Å². The normalized spacial score (nSPS) is 21.5. The molecule has 4 unspecified atom stereocenters. The molecule has 0 fully saturated rings. The molecule has 2 aliphatic carbocycles. The van der Waals surface area contributed by atoms with Crippen LogP contribution in [0.25, 0.3) is 38.3 Å². The van der Waals surface area contributed by atoms with Crippen LogP contribution in [0.3, 0.4) is 0 Å². The summed E-state index contributed by atoms with van der Waals surface area (Å²) in [5.74, 6) is 0.280. The fourth-order valence-electron chi connectivity index (χ4n) is 9.36. The number of aromatic nitrogens is 1. The minimum Gasteiger partial charge on any atom is -0.355 e. The molecule has 2 N–H and O–H groups in total. The molecule has 4 atom stereocenters. The van der Waals surface area contributed by atoms with Crippen molar-refractivity contribution in [1.82, 2.24) is 4.57 Å². The van der Waals surface area contributed by atoms with Crippen LogP contribution in [0.4, 0.5) is 17.1 Å². The molecule has 0 radical (unpaired) electrons. The van der Waals surface area contributed by atoms with E-state index >= 15 is 0 Å². The van der Waals surface area contributed by atoms with Crippen molar-refractivity contribution in [2.75, 3.05) is 4.90 Å². The van der Waals surface area contributed by atoms with Gasteiger partial charge in [0.1, 0.15) is 11.4 Å². The lowest BCUT2D eigenvalue weighted by atomic mass is 9.87. The van der Waals surface area contributed by atoms with Gasteiger partial charge in [-0.25, -0.2) is 4.99 Å². The highest BCUT2D eigenvalue weighted by molar-refractivity contribution is 6.26. The minimum absolute atomic E-state index is 0.0426. The van der Waals surface area contributed by atoms with Gasteiger partial charge in [0.2, 0.25) is 0 Å². The molecule has 52 heavy (non-hydrogen) atoms. The number of aliphatic imine (C=N–C) groups is 1. The van der Waals surface area contributed by atoms with Crippen molar-refractivity contribution in [3.05, 3.63) is 193 Å². The average molecular weight is 670 g/mol. The fraction of sp³-hybridized carbons (Fsp3) is 0.104. The van der Waals surface area contributed by atoms with Crippen LogP contribution in [0.2, 0.25) is 0 Å². The largest absolute Gasteiger partial charge is 0.355 e. The first-order valence-corrected chi connectivity index (χ1v) is 18.5. The molecule has 0 amide bonds. The summed E-state index contributed by atoms with van der Waals surface area (Å²) < 4.78 is 2.55. The maximum Gasteiger partial charge on any atom is 0.160 e. The summed E-state index contributed by atoms with van der Waals surface area (Å²) in [5, 5.41) is 7.68. The number of nitrogens with zero attached hydrogens (tertiary/aromatic N) is 3. The molecule has 248 valence electrons. The van der Waals surface area contributed by atoms with Crippen LogP contribution in [-0.2, 0) is 0 Å². The summed E-state index contributed by atoms with van der Waals surface area (Å²) in [5.41, 5.74) is 12.2. The van der Waals surface area contributed by atoms with Crippen molar-refractivity contribution in [3.8, 4) is 5.69 Å². The Morgan fingerprint density at radius 1 is 0.635 bits per heavy atom. The predicted octanol–water partition coefficient (Wildman–Crippen LogP) is 10.3. The molecule has 6 aromatic carbocycles. The number of hydrogen-bond acceptors (Lipinski definition) is 2. The first kappa shape index (κ1) is 29.5. The number of nitrogens with two attached hydrogens (primary N) is 1. The number of anilines is 1. The minimum atomic E-state index is 0.0426. The Balaban J connectivity index is 1.15. The Kier molecular flexibility index (Phi) is 6.61. The number of quaternary nitrogens is 1. The first-order chi connectivity index (χ1) is 25.8.